The summed E-state index contributed by atoms with van der Waals surface area (Å²) in [6.45, 7) is 1.17. The highest BCUT2D eigenvalue weighted by atomic mass is 32.2. The standard InChI is InChI=1S/C17H18N6O2S2/c24-27(25,22-10-4-5-11-22)15-8-9-17(18-12-15)26-13-16-19-20-21-23(16)14-6-2-1-3-7-14/h1-3,6-9,12H,4-5,10-11,13H2. The first-order chi connectivity index (χ1) is 13.1. The fourth-order valence-corrected chi connectivity index (χ4v) is 5.10. The summed E-state index contributed by atoms with van der Waals surface area (Å²) in [6.07, 6.45) is 3.25. The molecule has 27 heavy (non-hydrogen) atoms. The zero-order valence-electron chi connectivity index (χ0n) is 14.5. The molecule has 0 saturated carbocycles. The molecule has 1 aliphatic rings. The predicted molar refractivity (Wildman–Crippen MR) is 101 cm³/mol. The Hall–Kier alpha value is -2.30. The zero-order valence-corrected chi connectivity index (χ0v) is 16.1. The van der Waals surface area contributed by atoms with E-state index in [9.17, 15) is 8.42 Å². The number of hydrogen-bond acceptors (Lipinski definition) is 7. The van der Waals surface area contributed by atoms with E-state index in [1.165, 1.54) is 22.3 Å². The van der Waals surface area contributed by atoms with Crippen molar-refractivity contribution in [2.75, 3.05) is 13.1 Å². The maximum atomic E-state index is 12.5. The second-order valence-electron chi connectivity index (χ2n) is 6.07. The van der Waals surface area contributed by atoms with Crippen molar-refractivity contribution in [3.8, 4) is 5.69 Å². The van der Waals surface area contributed by atoms with Crippen LogP contribution in [0.5, 0.6) is 0 Å². The fraction of sp³-hybridized carbons (Fsp3) is 0.294. The Balaban J connectivity index is 1.45. The minimum absolute atomic E-state index is 0.239. The summed E-state index contributed by atoms with van der Waals surface area (Å²) >= 11 is 1.46. The number of para-hydroxylation sites is 1. The molecule has 8 nitrogen and oxygen atoms in total. The second-order valence-corrected chi connectivity index (χ2v) is 9.01. The molecule has 0 N–H and O–H groups in total. The Morgan fingerprint density at radius 3 is 2.52 bits per heavy atom. The molecule has 1 saturated heterocycles. The van der Waals surface area contributed by atoms with Gasteiger partial charge in [-0.2, -0.15) is 8.99 Å². The number of thioether (sulfide) groups is 1. The molecule has 140 valence electrons. The lowest BCUT2D eigenvalue weighted by atomic mass is 10.3. The average molecular weight is 403 g/mol. The molecule has 0 atom stereocenters. The summed E-state index contributed by atoms with van der Waals surface area (Å²) in [5.74, 6) is 1.22. The van der Waals surface area contributed by atoms with Crippen LogP contribution in [0.2, 0.25) is 0 Å². The van der Waals surface area contributed by atoms with Crippen LogP contribution < -0.4 is 0 Å². The van der Waals surface area contributed by atoms with Crippen molar-refractivity contribution in [2.45, 2.75) is 28.5 Å². The van der Waals surface area contributed by atoms with Gasteiger partial charge in [0.2, 0.25) is 10.0 Å². The van der Waals surface area contributed by atoms with Crippen LogP contribution in [0.4, 0.5) is 0 Å². The number of tetrazole rings is 1. The molecule has 0 unspecified atom stereocenters. The first kappa shape index (κ1) is 18.1. The number of sulfonamides is 1. The van der Waals surface area contributed by atoms with E-state index < -0.39 is 10.0 Å². The van der Waals surface area contributed by atoms with Gasteiger partial charge < -0.3 is 0 Å². The van der Waals surface area contributed by atoms with Gasteiger partial charge in [-0.15, -0.1) is 5.10 Å². The van der Waals surface area contributed by atoms with Crippen LogP contribution in [0.25, 0.3) is 5.69 Å². The van der Waals surface area contributed by atoms with E-state index in [0.29, 0.717) is 24.7 Å². The molecule has 10 heteroatoms. The van der Waals surface area contributed by atoms with Crippen LogP contribution >= 0.6 is 11.8 Å². The summed E-state index contributed by atoms with van der Waals surface area (Å²) in [6, 6.07) is 13.0. The number of rotatable bonds is 6. The maximum absolute atomic E-state index is 12.5. The average Bonchev–Trinajstić information content (AvgIpc) is 3.40. The van der Waals surface area contributed by atoms with Gasteiger partial charge in [-0.05, 0) is 47.5 Å². The molecule has 0 spiro atoms. The van der Waals surface area contributed by atoms with Crippen LogP contribution in [-0.2, 0) is 15.8 Å². The molecule has 2 aromatic heterocycles. The van der Waals surface area contributed by atoms with Crippen molar-refractivity contribution in [1.29, 1.82) is 0 Å². The first-order valence-corrected chi connectivity index (χ1v) is 11.0. The smallest absolute Gasteiger partial charge is 0.244 e. The Morgan fingerprint density at radius 1 is 1.04 bits per heavy atom. The van der Waals surface area contributed by atoms with Crippen LogP contribution in [0.15, 0.2) is 58.6 Å². The van der Waals surface area contributed by atoms with Crippen molar-refractivity contribution < 1.29 is 8.42 Å². The quantitative estimate of drug-likeness (QED) is 0.583. The van der Waals surface area contributed by atoms with Gasteiger partial charge in [0.25, 0.3) is 0 Å². The van der Waals surface area contributed by atoms with Gasteiger partial charge in [-0.3, -0.25) is 0 Å². The SMILES string of the molecule is O=S(=O)(c1ccc(SCc2nnnn2-c2ccccc2)nc1)N1CCCC1. The summed E-state index contributed by atoms with van der Waals surface area (Å²) in [4.78, 5) is 4.54. The Bertz CT molecular complexity index is 999. The van der Waals surface area contributed by atoms with Crippen LogP contribution in [0.3, 0.4) is 0 Å². The Labute approximate surface area is 161 Å². The second kappa shape index (κ2) is 7.75. The lowest BCUT2D eigenvalue weighted by Crippen LogP contribution is -2.27. The van der Waals surface area contributed by atoms with Gasteiger partial charge in [0.1, 0.15) is 4.90 Å². The molecule has 3 aromatic rings. The molecule has 0 aliphatic carbocycles. The Morgan fingerprint density at radius 2 is 1.81 bits per heavy atom. The Kier molecular flexibility index (Phi) is 5.19. The van der Waals surface area contributed by atoms with Crippen molar-refractivity contribution in [3.05, 3.63) is 54.5 Å². The van der Waals surface area contributed by atoms with E-state index >= 15 is 0 Å². The first-order valence-electron chi connectivity index (χ1n) is 8.56. The molecule has 0 bridgehead atoms. The summed E-state index contributed by atoms with van der Waals surface area (Å²) in [7, 11) is -3.43. The van der Waals surface area contributed by atoms with Gasteiger partial charge in [0.15, 0.2) is 5.82 Å². The largest absolute Gasteiger partial charge is 0.249 e. The highest BCUT2D eigenvalue weighted by Crippen LogP contribution is 2.24. The van der Waals surface area contributed by atoms with E-state index in [1.54, 1.807) is 16.8 Å². The van der Waals surface area contributed by atoms with Gasteiger partial charge in [0, 0.05) is 19.3 Å². The summed E-state index contributed by atoms with van der Waals surface area (Å²) in [5.41, 5.74) is 0.887. The zero-order chi connectivity index (χ0) is 18.7. The van der Waals surface area contributed by atoms with E-state index in [2.05, 4.69) is 20.5 Å². The van der Waals surface area contributed by atoms with Crippen LogP contribution in [0, 0.1) is 0 Å². The molecule has 1 aliphatic heterocycles. The van der Waals surface area contributed by atoms with E-state index in [0.717, 1.165) is 23.6 Å². The van der Waals surface area contributed by atoms with Crippen molar-refractivity contribution in [2.24, 2.45) is 0 Å². The predicted octanol–water partition coefficient (Wildman–Crippen LogP) is 2.13. The minimum atomic E-state index is -3.43. The van der Waals surface area contributed by atoms with Crippen molar-refractivity contribution >= 4 is 21.8 Å². The maximum Gasteiger partial charge on any atom is 0.244 e. The third kappa shape index (κ3) is 3.87. The van der Waals surface area contributed by atoms with E-state index in [1.807, 2.05) is 30.3 Å². The van der Waals surface area contributed by atoms with Crippen LogP contribution in [0.1, 0.15) is 18.7 Å². The fourth-order valence-electron chi connectivity index (χ4n) is 2.89. The number of benzene rings is 1. The third-order valence-corrected chi connectivity index (χ3v) is 7.12. The lowest BCUT2D eigenvalue weighted by molar-refractivity contribution is 0.477. The number of pyridine rings is 1. The highest BCUT2D eigenvalue weighted by molar-refractivity contribution is 7.98. The molecule has 3 heterocycles. The number of nitrogens with zero attached hydrogens (tertiary/aromatic N) is 6. The molecular weight excluding hydrogens is 384 g/mol. The van der Waals surface area contributed by atoms with E-state index in [4.69, 9.17) is 0 Å². The monoisotopic (exact) mass is 402 g/mol. The topological polar surface area (TPSA) is 93.9 Å². The molecule has 1 fully saturated rings. The van der Waals surface area contributed by atoms with E-state index in [-0.39, 0.29) is 4.90 Å². The lowest BCUT2D eigenvalue weighted by Gasteiger charge is -2.15. The summed E-state index contributed by atoms with van der Waals surface area (Å²) < 4.78 is 28.3. The molecule has 0 amide bonds. The van der Waals surface area contributed by atoms with Crippen molar-refractivity contribution in [1.82, 2.24) is 29.5 Å². The van der Waals surface area contributed by atoms with Gasteiger partial charge in [0.05, 0.1) is 16.5 Å². The molecular formula is C17H18N6O2S2. The van der Waals surface area contributed by atoms with Crippen LogP contribution in [-0.4, -0.2) is 51.0 Å². The van der Waals surface area contributed by atoms with Gasteiger partial charge >= 0.3 is 0 Å². The minimum Gasteiger partial charge on any atom is -0.249 e. The summed E-state index contributed by atoms with van der Waals surface area (Å²) in [5, 5.41) is 12.6. The van der Waals surface area contributed by atoms with Crippen molar-refractivity contribution in [3.63, 3.8) is 0 Å². The van der Waals surface area contributed by atoms with Gasteiger partial charge in [-0.1, -0.05) is 30.0 Å². The number of hydrogen-bond donors (Lipinski definition) is 0. The number of aromatic nitrogens is 5. The molecule has 1 aromatic carbocycles. The normalized spacial score (nSPS) is 15.3. The highest BCUT2D eigenvalue weighted by Gasteiger charge is 2.27. The third-order valence-electron chi connectivity index (χ3n) is 4.30. The molecule has 4 rings (SSSR count). The molecule has 0 radical (unpaired) electrons. The van der Waals surface area contributed by atoms with Gasteiger partial charge in [-0.25, -0.2) is 13.4 Å².